The number of thiocarbonyl (C=S) groups is 1. The van der Waals surface area contributed by atoms with Crippen LogP contribution in [0.1, 0.15) is 16.7 Å². The molecule has 2 rings (SSSR count). The van der Waals surface area contributed by atoms with Gasteiger partial charge in [0.25, 0.3) is 0 Å². The number of methoxy groups -OCH3 is 1. The van der Waals surface area contributed by atoms with E-state index in [0.29, 0.717) is 5.11 Å². The molecule has 116 valence electrons. The zero-order valence-electron chi connectivity index (χ0n) is 13.3. The van der Waals surface area contributed by atoms with E-state index >= 15 is 0 Å². The van der Waals surface area contributed by atoms with E-state index in [1.54, 1.807) is 7.11 Å². The van der Waals surface area contributed by atoms with Crippen LogP contribution in [0.4, 0.5) is 5.69 Å². The highest BCUT2D eigenvalue weighted by atomic mass is 32.1. The molecule has 0 fully saturated rings. The number of hydrogen-bond acceptors (Lipinski definition) is 2. The lowest BCUT2D eigenvalue weighted by molar-refractivity contribution is 0.414. The third-order valence-electron chi connectivity index (χ3n) is 3.58. The molecule has 2 N–H and O–H groups in total. The van der Waals surface area contributed by atoms with Crippen LogP contribution in [0.15, 0.2) is 42.5 Å². The van der Waals surface area contributed by atoms with Gasteiger partial charge in [-0.25, -0.2) is 0 Å². The third-order valence-corrected chi connectivity index (χ3v) is 3.82. The van der Waals surface area contributed by atoms with E-state index in [1.165, 1.54) is 16.7 Å². The molecule has 0 aliphatic carbocycles. The Bertz CT molecular complexity index is 618. The molecule has 0 saturated carbocycles. The highest BCUT2D eigenvalue weighted by Gasteiger charge is 2.04. The van der Waals surface area contributed by atoms with Gasteiger partial charge in [-0.15, -0.1) is 0 Å². The molecule has 2 aromatic rings. The Morgan fingerprint density at radius 1 is 1.05 bits per heavy atom. The van der Waals surface area contributed by atoms with Gasteiger partial charge in [-0.1, -0.05) is 30.3 Å². The number of nitrogens with one attached hydrogen (secondary N) is 2. The van der Waals surface area contributed by atoms with Crippen molar-refractivity contribution in [3.05, 3.63) is 59.2 Å². The SMILES string of the molecule is COc1ccc(CCNC(=S)Nc2c(C)cccc2C)cc1. The van der Waals surface area contributed by atoms with E-state index in [9.17, 15) is 0 Å². The smallest absolute Gasteiger partial charge is 0.170 e. The topological polar surface area (TPSA) is 33.3 Å². The first-order valence-electron chi connectivity index (χ1n) is 7.34. The van der Waals surface area contributed by atoms with Crippen molar-refractivity contribution in [1.82, 2.24) is 5.32 Å². The number of hydrogen-bond donors (Lipinski definition) is 2. The van der Waals surface area contributed by atoms with Gasteiger partial charge in [-0.2, -0.15) is 0 Å². The predicted molar refractivity (Wildman–Crippen MR) is 96.8 cm³/mol. The lowest BCUT2D eigenvalue weighted by Crippen LogP contribution is -2.30. The molecule has 0 amide bonds. The van der Waals surface area contributed by atoms with Crippen molar-refractivity contribution in [2.45, 2.75) is 20.3 Å². The molecule has 0 heterocycles. The standard InChI is InChI=1S/C18H22N2OS/c1-13-5-4-6-14(2)17(13)20-18(22)19-12-11-15-7-9-16(21-3)10-8-15/h4-10H,11-12H2,1-3H3,(H2,19,20,22). The number of rotatable bonds is 5. The minimum Gasteiger partial charge on any atom is -0.497 e. The van der Waals surface area contributed by atoms with E-state index < -0.39 is 0 Å². The van der Waals surface area contributed by atoms with E-state index in [-0.39, 0.29) is 0 Å². The van der Waals surface area contributed by atoms with Gasteiger partial charge >= 0.3 is 0 Å². The summed E-state index contributed by atoms with van der Waals surface area (Å²) >= 11 is 5.37. The molecule has 2 aromatic carbocycles. The van der Waals surface area contributed by atoms with Crippen LogP contribution in [0.25, 0.3) is 0 Å². The summed E-state index contributed by atoms with van der Waals surface area (Å²) in [6.45, 7) is 4.95. The highest BCUT2D eigenvalue weighted by molar-refractivity contribution is 7.80. The van der Waals surface area contributed by atoms with Crippen LogP contribution < -0.4 is 15.4 Å². The lowest BCUT2D eigenvalue weighted by Gasteiger charge is -2.14. The second-order valence-corrected chi connectivity index (χ2v) is 5.65. The summed E-state index contributed by atoms with van der Waals surface area (Å²) < 4.78 is 5.15. The Morgan fingerprint density at radius 3 is 2.27 bits per heavy atom. The molecular formula is C18H22N2OS. The van der Waals surface area contributed by atoms with E-state index in [2.05, 4.69) is 54.8 Å². The molecule has 0 atom stereocenters. The number of aryl methyl sites for hydroxylation is 2. The van der Waals surface area contributed by atoms with Crippen molar-refractivity contribution in [3.63, 3.8) is 0 Å². The van der Waals surface area contributed by atoms with Gasteiger partial charge in [0.1, 0.15) is 5.75 Å². The number of ether oxygens (including phenoxy) is 1. The molecule has 0 aromatic heterocycles. The number of benzene rings is 2. The van der Waals surface area contributed by atoms with Crippen LogP contribution in [0, 0.1) is 13.8 Å². The van der Waals surface area contributed by atoms with Crippen molar-refractivity contribution >= 4 is 23.0 Å². The molecule has 22 heavy (non-hydrogen) atoms. The Morgan fingerprint density at radius 2 is 1.68 bits per heavy atom. The Labute approximate surface area is 137 Å². The zero-order valence-corrected chi connectivity index (χ0v) is 14.1. The fourth-order valence-corrected chi connectivity index (χ4v) is 2.49. The Balaban J connectivity index is 1.82. The first-order valence-corrected chi connectivity index (χ1v) is 7.75. The van der Waals surface area contributed by atoms with Gasteiger partial charge in [0, 0.05) is 12.2 Å². The summed E-state index contributed by atoms with van der Waals surface area (Å²) in [6.07, 6.45) is 0.915. The van der Waals surface area contributed by atoms with Crippen molar-refractivity contribution < 1.29 is 4.74 Å². The summed E-state index contributed by atoms with van der Waals surface area (Å²) in [4.78, 5) is 0. The quantitative estimate of drug-likeness (QED) is 0.822. The van der Waals surface area contributed by atoms with Crippen molar-refractivity contribution in [3.8, 4) is 5.75 Å². The molecule has 0 radical (unpaired) electrons. The molecule has 0 aliphatic heterocycles. The molecule has 3 nitrogen and oxygen atoms in total. The van der Waals surface area contributed by atoms with Crippen molar-refractivity contribution in [1.29, 1.82) is 0 Å². The maximum atomic E-state index is 5.37. The molecular weight excluding hydrogens is 292 g/mol. The van der Waals surface area contributed by atoms with Crippen LogP contribution >= 0.6 is 12.2 Å². The first-order chi connectivity index (χ1) is 10.6. The molecule has 0 bridgehead atoms. The zero-order chi connectivity index (χ0) is 15.9. The fourth-order valence-electron chi connectivity index (χ4n) is 2.28. The highest BCUT2D eigenvalue weighted by Crippen LogP contribution is 2.19. The van der Waals surface area contributed by atoms with Crippen molar-refractivity contribution in [2.75, 3.05) is 19.0 Å². The van der Waals surface area contributed by atoms with Crippen LogP contribution in [-0.2, 0) is 6.42 Å². The third kappa shape index (κ3) is 4.46. The molecule has 0 spiro atoms. The first kappa shape index (κ1) is 16.3. The van der Waals surface area contributed by atoms with Gasteiger partial charge in [0.2, 0.25) is 0 Å². The van der Waals surface area contributed by atoms with E-state index in [0.717, 1.165) is 24.4 Å². The summed E-state index contributed by atoms with van der Waals surface area (Å²) in [6, 6.07) is 14.3. The summed E-state index contributed by atoms with van der Waals surface area (Å²) in [5, 5.41) is 7.19. The number of anilines is 1. The van der Waals surface area contributed by atoms with Crippen LogP contribution in [0.3, 0.4) is 0 Å². The summed E-state index contributed by atoms with van der Waals surface area (Å²) in [5.74, 6) is 0.879. The number of para-hydroxylation sites is 1. The van der Waals surface area contributed by atoms with E-state index in [4.69, 9.17) is 17.0 Å². The molecule has 0 aliphatic rings. The maximum absolute atomic E-state index is 5.37. The Kier molecular flexibility index (Phi) is 5.78. The van der Waals surface area contributed by atoms with Gasteiger partial charge in [0.05, 0.1) is 7.11 Å². The summed E-state index contributed by atoms with van der Waals surface area (Å²) in [5.41, 5.74) is 4.73. The average molecular weight is 314 g/mol. The largest absolute Gasteiger partial charge is 0.497 e. The van der Waals surface area contributed by atoms with E-state index in [1.807, 2.05) is 12.1 Å². The van der Waals surface area contributed by atoms with Crippen LogP contribution in [0.2, 0.25) is 0 Å². The maximum Gasteiger partial charge on any atom is 0.170 e. The minimum atomic E-state index is 0.658. The normalized spacial score (nSPS) is 10.1. The average Bonchev–Trinajstić information content (AvgIpc) is 2.52. The second-order valence-electron chi connectivity index (χ2n) is 5.25. The predicted octanol–water partition coefficient (Wildman–Crippen LogP) is 3.84. The summed E-state index contributed by atoms with van der Waals surface area (Å²) in [7, 11) is 1.67. The van der Waals surface area contributed by atoms with Gasteiger partial charge < -0.3 is 15.4 Å². The van der Waals surface area contributed by atoms with Crippen molar-refractivity contribution in [2.24, 2.45) is 0 Å². The molecule has 4 heteroatoms. The van der Waals surface area contributed by atoms with Gasteiger partial charge in [0.15, 0.2) is 5.11 Å². The van der Waals surface area contributed by atoms with Crippen LogP contribution in [-0.4, -0.2) is 18.8 Å². The van der Waals surface area contributed by atoms with Gasteiger partial charge in [-0.05, 0) is 61.3 Å². The van der Waals surface area contributed by atoms with Gasteiger partial charge in [-0.3, -0.25) is 0 Å². The molecule has 0 saturated heterocycles. The second kappa shape index (κ2) is 7.80. The van der Waals surface area contributed by atoms with Crippen LogP contribution in [0.5, 0.6) is 5.75 Å². The monoisotopic (exact) mass is 314 g/mol. The molecule has 0 unspecified atom stereocenters. The minimum absolute atomic E-state index is 0.658. The fraction of sp³-hybridized carbons (Fsp3) is 0.278. The lowest BCUT2D eigenvalue weighted by atomic mass is 10.1. The Hall–Kier alpha value is -2.07.